The van der Waals surface area contributed by atoms with Gasteiger partial charge in [0.1, 0.15) is 4.21 Å². The first-order valence-electron chi connectivity index (χ1n) is 5.28. The molecule has 2 N–H and O–H groups in total. The van der Waals surface area contributed by atoms with Gasteiger partial charge in [0.2, 0.25) is 10.0 Å². The van der Waals surface area contributed by atoms with Gasteiger partial charge in [-0.2, -0.15) is 0 Å². The predicted molar refractivity (Wildman–Crippen MR) is 65.4 cm³/mol. The van der Waals surface area contributed by atoms with Gasteiger partial charge in [-0.25, -0.2) is 13.6 Å². The summed E-state index contributed by atoms with van der Waals surface area (Å²) in [5, 5.41) is 6.54. The molecule has 1 aromatic heterocycles. The van der Waals surface area contributed by atoms with Crippen LogP contribution < -0.4 is 5.14 Å². The highest BCUT2D eigenvalue weighted by molar-refractivity contribution is 7.91. The fourth-order valence-corrected chi connectivity index (χ4v) is 3.30. The fourth-order valence-electron chi connectivity index (χ4n) is 1.72. The zero-order valence-corrected chi connectivity index (χ0v) is 11.1. The van der Waals surface area contributed by atoms with E-state index in [1.807, 2.05) is 0 Å². The normalized spacial score (nSPS) is 16.6. The molecule has 0 saturated heterocycles. The maximum absolute atomic E-state index is 12.0. The van der Waals surface area contributed by atoms with E-state index >= 15 is 0 Å². The SMILES string of the molecule is CN(C(=O)c1csc(S(N)(=O)=O)c1)C1CCC1. The molecule has 1 heterocycles. The van der Waals surface area contributed by atoms with E-state index in [4.69, 9.17) is 5.14 Å². The molecule has 1 amide bonds. The van der Waals surface area contributed by atoms with Gasteiger partial charge in [0, 0.05) is 18.5 Å². The van der Waals surface area contributed by atoms with Crippen LogP contribution in [0.2, 0.25) is 0 Å². The minimum Gasteiger partial charge on any atom is -0.339 e. The topological polar surface area (TPSA) is 80.5 Å². The molecule has 17 heavy (non-hydrogen) atoms. The average molecular weight is 274 g/mol. The number of carbonyl (C=O) groups is 1. The molecule has 1 fully saturated rings. The second kappa shape index (κ2) is 4.40. The van der Waals surface area contributed by atoms with Crippen molar-refractivity contribution in [1.29, 1.82) is 0 Å². The van der Waals surface area contributed by atoms with E-state index in [-0.39, 0.29) is 10.1 Å². The van der Waals surface area contributed by atoms with E-state index < -0.39 is 10.0 Å². The molecule has 94 valence electrons. The summed E-state index contributed by atoms with van der Waals surface area (Å²) in [5.41, 5.74) is 0.397. The molecule has 0 spiro atoms. The highest BCUT2D eigenvalue weighted by Gasteiger charge is 2.27. The van der Waals surface area contributed by atoms with E-state index in [1.165, 1.54) is 11.4 Å². The third kappa shape index (κ3) is 2.51. The van der Waals surface area contributed by atoms with Crippen molar-refractivity contribution >= 4 is 27.3 Å². The Labute approximate surface area is 104 Å². The molecule has 1 aromatic rings. The Bertz CT molecular complexity index is 532. The van der Waals surface area contributed by atoms with E-state index in [0.717, 1.165) is 30.6 Å². The summed E-state index contributed by atoms with van der Waals surface area (Å²) >= 11 is 0.979. The van der Waals surface area contributed by atoms with Gasteiger partial charge in [-0.3, -0.25) is 4.79 Å². The lowest BCUT2D eigenvalue weighted by atomic mass is 9.91. The molecule has 0 aromatic carbocycles. The average Bonchev–Trinajstić information content (AvgIpc) is 2.61. The summed E-state index contributed by atoms with van der Waals surface area (Å²) in [4.78, 5) is 13.7. The van der Waals surface area contributed by atoms with Gasteiger partial charge >= 0.3 is 0 Å². The summed E-state index contributed by atoms with van der Waals surface area (Å²) in [6.07, 6.45) is 3.19. The molecule has 5 nitrogen and oxygen atoms in total. The van der Waals surface area contributed by atoms with Crippen LogP contribution in [0.25, 0.3) is 0 Å². The van der Waals surface area contributed by atoms with Crippen molar-refractivity contribution < 1.29 is 13.2 Å². The summed E-state index contributed by atoms with van der Waals surface area (Å²) < 4.78 is 22.2. The molecule has 0 aliphatic heterocycles. The van der Waals surface area contributed by atoms with Gasteiger partial charge in [0.15, 0.2) is 0 Å². The van der Waals surface area contributed by atoms with Crippen molar-refractivity contribution in [3.05, 3.63) is 17.0 Å². The van der Waals surface area contributed by atoms with Gasteiger partial charge in [-0.15, -0.1) is 11.3 Å². The van der Waals surface area contributed by atoms with Crippen molar-refractivity contribution in [3.8, 4) is 0 Å². The Balaban J connectivity index is 2.17. The molecule has 0 bridgehead atoms. The molecular weight excluding hydrogens is 260 g/mol. The van der Waals surface area contributed by atoms with Gasteiger partial charge in [-0.05, 0) is 25.3 Å². The third-order valence-electron chi connectivity index (χ3n) is 3.05. The first-order chi connectivity index (χ1) is 7.89. The molecule has 1 saturated carbocycles. The number of hydrogen-bond donors (Lipinski definition) is 1. The monoisotopic (exact) mass is 274 g/mol. The first kappa shape index (κ1) is 12.5. The second-order valence-electron chi connectivity index (χ2n) is 4.20. The number of amides is 1. The Hall–Kier alpha value is -0.920. The van der Waals surface area contributed by atoms with Crippen LogP contribution >= 0.6 is 11.3 Å². The maximum Gasteiger partial charge on any atom is 0.254 e. The van der Waals surface area contributed by atoms with Crippen molar-refractivity contribution in [1.82, 2.24) is 4.90 Å². The van der Waals surface area contributed by atoms with E-state index in [9.17, 15) is 13.2 Å². The van der Waals surface area contributed by atoms with Crippen LogP contribution in [0.15, 0.2) is 15.7 Å². The molecule has 0 unspecified atom stereocenters. The van der Waals surface area contributed by atoms with Crippen LogP contribution in [0.3, 0.4) is 0 Å². The molecule has 7 heteroatoms. The standard InChI is InChI=1S/C10H14N2O3S2/c1-12(8-3-2-4-8)10(13)7-5-9(16-6-7)17(11,14)15/h5-6,8H,2-4H2,1H3,(H2,11,14,15). The first-order valence-corrected chi connectivity index (χ1v) is 7.70. The molecule has 0 atom stereocenters. The number of carbonyl (C=O) groups excluding carboxylic acids is 1. The van der Waals surface area contributed by atoms with Crippen LogP contribution in [0.1, 0.15) is 29.6 Å². The Morgan fingerprint density at radius 2 is 2.18 bits per heavy atom. The Morgan fingerprint density at radius 3 is 2.59 bits per heavy atom. The molecule has 2 rings (SSSR count). The van der Waals surface area contributed by atoms with Crippen molar-refractivity contribution in [2.24, 2.45) is 5.14 Å². The number of nitrogens with zero attached hydrogens (tertiary/aromatic N) is 1. The lowest BCUT2D eigenvalue weighted by molar-refractivity contribution is 0.0652. The Morgan fingerprint density at radius 1 is 1.53 bits per heavy atom. The summed E-state index contributed by atoms with van der Waals surface area (Å²) in [6, 6.07) is 1.64. The van der Waals surface area contributed by atoms with Crippen LogP contribution in [0.5, 0.6) is 0 Å². The maximum atomic E-state index is 12.0. The summed E-state index contributed by atoms with van der Waals surface area (Å²) in [5.74, 6) is -0.138. The Kier molecular flexibility index (Phi) is 3.24. The summed E-state index contributed by atoms with van der Waals surface area (Å²) in [6.45, 7) is 0. The van der Waals surface area contributed by atoms with Gasteiger partial charge in [0.05, 0.1) is 5.56 Å². The largest absolute Gasteiger partial charge is 0.339 e. The lowest BCUT2D eigenvalue weighted by Gasteiger charge is -2.34. The predicted octanol–water partition coefficient (Wildman–Crippen LogP) is 1.02. The summed E-state index contributed by atoms with van der Waals surface area (Å²) in [7, 11) is -1.95. The highest BCUT2D eigenvalue weighted by Crippen LogP contribution is 2.26. The smallest absolute Gasteiger partial charge is 0.254 e. The van der Waals surface area contributed by atoms with E-state index in [1.54, 1.807) is 11.9 Å². The minimum atomic E-state index is -3.71. The fraction of sp³-hybridized carbons (Fsp3) is 0.500. The number of sulfonamides is 1. The van der Waals surface area contributed by atoms with E-state index in [0.29, 0.717) is 11.6 Å². The zero-order valence-electron chi connectivity index (χ0n) is 9.42. The van der Waals surface area contributed by atoms with Crippen LogP contribution in [-0.2, 0) is 10.0 Å². The van der Waals surface area contributed by atoms with Crippen LogP contribution in [0, 0.1) is 0 Å². The quantitative estimate of drug-likeness (QED) is 0.893. The molecular formula is C10H14N2O3S2. The number of rotatable bonds is 3. The second-order valence-corrected chi connectivity index (χ2v) is 6.90. The number of primary sulfonamides is 1. The van der Waals surface area contributed by atoms with Crippen molar-refractivity contribution in [3.63, 3.8) is 0 Å². The molecule has 1 aliphatic carbocycles. The van der Waals surface area contributed by atoms with Gasteiger partial charge in [0.25, 0.3) is 5.91 Å². The number of hydrogen-bond acceptors (Lipinski definition) is 4. The zero-order chi connectivity index (χ0) is 12.6. The number of nitrogens with two attached hydrogens (primary N) is 1. The van der Waals surface area contributed by atoms with Crippen molar-refractivity contribution in [2.75, 3.05) is 7.05 Å². The highest BCUT2D eigenvalue weighted by atomic mass is 32.2. The van der Waals surface area contributed by atoms with E-state index in [2.05, 4.69) is 0 Å². The van der Waals surface area contributed by atoms with Gasteiger partial charge < -0.3 is 4.90 Å². The van der Waals surface area contributed by atoms with Crippen molar-refractivity contribution in [2.45, 2.75) is 29.5 Å². The number of thiophene rings is 1. The minimum absolute atomic E-state index is 0.0304. The lowest BCUT2D eigenvalue weighted by Crippen LogP contribution is -2.41. The molecule has 1 aliphatic rings. The molecule has 0 radical (unpaired) electrons. The van der Waals surface area contributed by atoms with Crippen LogP contribution in [0.4, 0.5) is 0 Å². The third-order valence-corrected chi connectivity index (χ3v) is 5.43. The van der Waals surface area contributed by atoms with Gasteiger partial charge in [-0.1, -0.05) is 0 Å². The van der Waals surface area contributed by atoms with Crippen LogP contribution in [-0.4, -0.2) is 32.3 Å².